The Morgan fingerprint density at radius 3 is 2.33 bits per heavy atom. The van der Waals surface area contributed by atoms with Crippen LogP contribution in [0.4, 0.5) is 0 Å². The lowest BCUT2D eigenvalue weighted by Gasteiger charge is -2.28. The summed E-state index contributed by atoms with van der Waals surface area (Å²) in [6.07, 6.45) is 5.86. The van der Waals surface area contributed by atoms with Crippen LogP contribution in [0, 0.1) is 0 Å². The molecule has 0 radical (unpaired) electrons. The van der Waals surface area contributed by atoms with Gasteiger partial charge in [0.2, 0.25) is 5.91 Å². The van der Waals surface area contributed by atoms with Crippen molar-refractivity contribution in [2.75, 3.05) is 13.1 Å². The van der Waals surface area contributed by atoms with E-state index in [-0.39, 0.29) is 11.8 Å². The predicted molar refractivity (Wildman–Crippen MR) is 138 cm³/mol. The highest BCUT2D eigenvalue weighted by molar-refractivity contribution is 5.85. The number of aromatic nitrogens is 1. The normalized spacial score (nSPS) is 12.6. The van der Waals surface area contributed by atoms with Gasteiger partial charge < -0.3 is 9.88 Å². The molecule has 0 saturated carbocycles. The number of aromatic amines is 1. The number of benzene rings is 3. The lowest BCUT2D eigenvalue weighted by molar-refractivity contribution is -0.132. The van der Waals surface area contributed by atoms with Gasteiger partial charge in [-0.05, 0) is 42.5 Å². The van der Waals surface area contributed by atoms with Crippen LogP contribution in [-0.4, -0.2) is 28.9 Å². The third-order valence-corrected chi connectivity index (χ3v) is 6.20. The molecule has 0 aliphatic heterocycles. The van der Waals surface area contributed by atoms with E-state index in [1.165, 1.54) is 16.5 Å². The van der Waals surface area contributed by atoms with E-state index in [1.54, 1.807) is 0 Å². The quantitative estimate of drug-likeness (QED) is 0.306. The average molecular weight is 437 g/mol. The molecule has 1 aromatic heterocycles. The number of fused-ring (bicyclic) bond motifs is 1. The largest absolute Gasteiger partial charge is 0.361 e. The van der Waals surface area contributed by atoms with Crippen LogP contribution in [0.25, 0.3) is 17.0 Å². The lowest BCUT2D eigenvalue weighted by atomic mass is 9.94. The van der Waals surface area contributed by atoms with Crippen molar-refractivity contribution in [1.82, 2.24) is 9.88 Å². The van der Waals surface area contributed by atoms with Gasteiger partial charge >= 0.3 is 0 Å². The van der Waals surface area contributed by atoms with Crippen molar-refractivity contribution in [3.05, 3.63) is 113 Å². The van der Waals surface area contributed by atoms with Crippen molar-refractivity contribution in [3.8, 4) is 0 Å². The molecule has 3 aromatic carbocycles. The Hall–Kier alpha value is -3.59. The molecule has 4 rings (SSSR count). The molecule has 1 amide bonds. The maximum Gasteiger partial charge on any atom is 0.230 e. The summed E-state index contributed by atoms with van der Waals surface area (Å²) < 4.78 is 0. The van der Waals surface area contributed by atoms with Crippen molar-refractivity contribution < 1.29 is 4.79 Å². The summed E-state index contributed by atoms with van der Waals surface area (Å²) in [5, 5.41) is 1.23. The molecular weight excluding hydrogens is 404 g/mol. The second kappa shape index (κ2) is 10.8. The van der Waals surface area contributed by atoms with Gasteiger partial charge in [-0.25, -0.2) is 0 Å². The second-order valence-corrected chi connectivity index (χ2v) is 8.64. The van der Waals surface area contributed by atoms with Crippen molar-refractivity contribution in [1.29, 1.82) is 0 Å². The summed E-state index contributed by atoms with van der Waals surface area (Å²) in [5.74, 6) is 0.0723. The van der Waals surface area contributed by atoms with E-state index in [4.69, 9.17) is 0 Å². The first-order valence-electron chi connectivity index (χ1n) is 11.8. The van der Waals surface area contributed by atoms with Crippen molar-refractivity contribution in [3.63, 3.8) is 0 Å². The van der Waals surface area contributed by atoms with Crippen molar-refractivity contribution in [2.45, 2.75) is 32.6 Å². The smallest absolute Gasteiger partial charge is 0.230 e. The zero-order chi connectivity index (χ0) is 23.0. The van der Waals surface area contributed by atoms with Crippen LogP contribution in [0.15, 0.2) is 96.7 Å². The minimum absolute atomic E-state index is 0.126. The Morgan fingerprint density at radius 2 is 1.61 bits per heavy atom. The molecular formula is C30H32N2O. The van der Waals surface area contributed by atoms with Crippen LogP contribution >= 0.6 is 0 Å². The van der Waals surface area contributed by atoms with Gasteiger partial charge in [-0.1, -0.05) is 97.4 Å². The van der Waals surface area contributed by atoms with Gasteiger partial charge in [-0.15, -0.1) is 0 Å². The minimum atomic E-state index is -0.126. The van der Waals surface area contributed by atoms with Crippen molar-refractivity contribution >= 4 is 22.9 Å². The number of carbonyl (C=O) groups is 1. The molecule has 3 nitrogen and oxygen atoms in total. The number of carbonyl (C=O) groups excluding carboxylic acids is 1. The third kappa shape index (κ3) is 5.61. The van der Waals surface area contributed by atoms with Crippen LogP contribution < -0.4 is 0 Å². The maximum absolute atomic E-state index is 13.8. The predicted octanol–water partition coefficient (Wildman–Crippen LogP) is 6.84. The van der Waals surface area contributed by atoms with Crippen LogP contribution in [0.1, 0.15) is 42.9 Å². The first-order chi connectivity index (χ1) is 16.2. The maximum atomic E-state index is 13.8. The highest BCUT2D eigenvalue weighted by Gasteiger charge is 2.24. The average Bonchev–Trinajstić information content (AvgIpc) is 3.26. The Bertz CT molecular complexity index is 1210. The molecule has 33 heavy (non-hydrogen) atoms. The molecule has 3 heteroatoms. The number of hydrogen-bond donors (Lipinski definition) is 1. The standard InChI is InChI=1S/C30H32N2O/c1-3-27(25-14-8-5-9-15-25)30(33)32(22-23(2)20-24-12-6-4-7-13-24)19-18-26-21-31-29-17-11-10-16-28(26)29/h4-17,20-21,27,31H,3,18-19,22H2,1-2H3. The topological polar surface area (TPSA) is 36.1 Å². The lowest BCUT2D eigenvalue weighted by Crippen LogP contribution is -2.37. The fourth-order valence-corrected chi connectivity index (χ4v) is 4.50. The Morgan fingerprint density at radius 1 is 0.939 bits per heavy atom. The van der Waals surface area contributed by atoms with Gasteiger partial charge in [-0.2, -0.15) is 0 Å². The first-order valence-corrected chi connectivity index (χ1v) is 11.8. The van der Waals surface area contributed by atoms with Crippen LogP contribution in [0.2, 0.25) is 0 Å². The molecule has 1 unspecified atom stereocenters. The molecule has 0 fully saturated rings. The van der Waals surface area contributed by atoms with Gasteiger partial charge in [0.25, 0.3) is 0 Å². The number of hydrogen-bond acceptors (Lipinski definition) is 1. The first kappa shape index (κ1) is 22.6. The number of para-hydroxylation sites is 1. The monoisotopic (exact) mass is 436 g/mol. The summed E-state index contributed by atoms with van der Waals surface area (Å²) in [5.41, 5.74) is 5.82. The second-order valence-electron chi connectivity index (χ2n) is 8.64. The molecule has 1 N–H and O–H groups in total. The number of amides is 1. The van der Waals surface area contributed by atoms with Gasteiger partial charge in [0, 0.05) is 30.2 Å². The number of H-pyrrole nitrogens is 1. The van der Waals surface area contributed by atoms with E-state index in [0.717, 1.165) is 29.5 Å². The SMILES string of the molecule is CCC(C(=O)N(CCc1c[nH]c2ccccc12)CC(C)=Cc1ccccc1)c1ccccc1. The van der Waals surface area contributed by atoms with E-state index < -0.39 is 0 Å². The molecule has 1 heterocycles. The van der Waals surface area contributed by atoms with Crippen LogP contribution in [0.3, 0.4) is 0 Å². The van der Waals surface area contributed by atoms with Crippen LogP contribution in [-0.2, 0) is 11.2 Å². The van der Waals surface area contributed by atoms with Gasteiger partial charge in [-0.3, -0.25) is 4.79 Å². The third-order valence-electron chi connectivity index (χ3n) is 6.20. The molecule has 4 aromatic rings. The van der Waals surface area contributed by atoms with E-state index in [1.807, 2.05) is 47.4 Å². The fourth-order valence-electron chi connectivity index (χ4n) is 4.50. The zero-order valence-electron chi connectivity index (χ0n) is 19.5. The van der Waals surface area contributed by atoms with E-state index in [9.17, 15) is 4.79 Å². The highest BCUT2D eigenvalue weighted by Crippen LogP contribution is 2.24. The number of nitrogens with one attached hydrogen (secondary N) is 1. The summed E-state index contributed by atoms with van der Waals surface area (Å²) in [7, 11) is 0. The molecule has 0 aliphatic carbocycles. The number of rotatable bonds is 9. The van der Waals surface area contributed by atoms with Crippen molar-refractivity contribution in [2.24, 2.45) is 0 Å². The minimum Gasteiger partial charge on any atom is -0.361 e. The zero-order valence-corrected chi connectivity index (χ0v) is 19.5. The molecule has 0 spiro atoms. The molecule has 0 aliphatic rings. The van der Waals surface area contributed by atoms with Gasteiger partial charge in [0.05, 0.1) is 5.92 Å². The Labute approximate surface area is 196 Å². The van der Waals surface area contributed by atoms with Gasteiger partial charge in [0.15, 0.2) is 0 Å². The summed E-state index contributed by atoms with van der Waals surface area (Å²) >= 11 is 0. The summed E-state index contributed by atoms with van der Waals surface area (Å²) in [4.78, 5) is 19.2. The molecule has 0 bridgehead atoms. The highest BCUT2D eigenvalue weighted by atomic mass is 16.2. The van der Waals surface area contributed by atoms with E-state index in [0.29, 0.717) is 13.1 Å². The van der Waals surface area contributed by atoms with E-state index >= 15 is 0 Å². The van der Waals surface area contributed by atoms with Crippen LogP contribution in [0.5, 0.6) is 0 Å². The molecule has 1 atom stereocenters. The van der Waals surface area contributed by atoms with E-state index in [2.05, 4.69) is 73.6 Å². The van der Waals surface area contributed by atoms with Gasteiger partial charge in [0.1, 0.15) is 0 Å². The number of nitrogens with zero attached hydrogens (tertiary/aromatic N) is 1. The fraction of sp³-hybridized carbons (Fsp3) is 0.233. The summed E-state index contributed by atoms with van der Waals surface area (Å²) in [6, 6.07) is 28.8. The molecule has 168 valence electrons. The summed E-state index contributed by atoms with van der Waals surface area (Å²) in [6.45, 7) is 5.52. The molecule has 0 saturated heterocycles. The Balaban J connectivity index is 1.58. The Kier molecular flexibility index (Phi) is 7.41.